The van der Waals surface area contributed by atoms with Gasteiger partial charge in [-0.15, -0.1) is 0 Å². The number of esters is 1. The van der Waals surface area contributed by atoms with Gasteiger partial charge in [-0.05, 0) is 47.5 Å². The van der Waals surface area contributed by atoms with Crippen LogP contribution in [0.3, 0.4) is 0 Å². The molecule has 2 rings (SSSR count). The molecule has 0 aliphatic heterocycles. The van der Waals surface area contributed by atoms with E-state index in [-0.39, 0.29) is 0 Å². The van der Waals surface area contributed by atoms with E-state index in [0.717, 1.165) is 5.56 Å². The van der Waals surface area contributed by atoms with Gasteiger partial charge in [-0.3, -0.25) is 4.79 Å². The molecular formula is C20H19NO5. The molecule has 26 heavy (non-hydrogen) atoms. The van der Waals surface area contributed by atoms with E-state index in [4.69, 9.17) is 18.9 Å². The molecule has 0 unspecified atom stereocenters. The van der Waals surface area contributed by atoms with Crippen molar-refractivity contribution in [3.8, 4) is 29.1 Å². The molecule has 0 radical (unpaired) electrons. The summed E-state index contributed by atoms with van der Waals surface area (Å²) in [5, 5.41) is 9.54. The molecule has 0 saturated carbocycles. The quantitative estimate of drug-likeness (QED) is 0.341. The summed E-state index contributed by atoms with van der Waals surface area (Å²) in [5.41, 5.74) is 1.85. The van der Waals surface area contributed by atoms with Crippen molar-refractivity contribution in [2.75, 3.05) is 21.3 Å². The summed E-state index contributed by atoms with van der Waals surface area (Å²) in [7, 11) is 4.57. The van der Waals surface area contributed by atoms with Gasteiger partial charge in [0, 0.05) is 6.92 Å². The number of methoxy groups -OCH3 is 3. The Hall–Kier alpha value is -3.46. The third-order valence-electron chi connectivity index (χ3n) is 3.57. The van der Waals surface area contributed by atoms with Gasteiger partial charge in [-0.25, -0.2) is 0 Å². The van der Waals surface area contributed by atoms with Gasteiger partial charge in [0.1, 0.15) is 0 Å². The molecule has 2 aromatic carbocycles. The molecule has 0 fully saturated rings. The molecule has 0 heterocycles. The number of nitrogens with zero attached hydrogens (tertiary/aromatic N) is 1. The van der Waals surface area contributed by atoms with Crippen LogP contribution in [0.2, 0.25) is 0 Å². The van der Waals surface area contributed by atoms with Crippen LogP contribution in [0.5, 0.6) is 23.0 Å². The lowest BCUT2D eigenvalue weighted by Gasteiger charge is -2.10. The molecule has 0 spiro atoms. The molecule has 2 aromatic rings. The Morgan fingerprint density at radius 3 is 2.12 bits per heavy atom. The fourth-order valence-corrected chi connectivity index (χ4v) is 2.36. The van der Waals surface area contributed by atoms with Gasteiger partial charge >= 0.3 is 5.97 Å². The Balaban J connectivity index is 2.43. The number of ether oxygens (including phenoxy) is 4. The molecule has 0 bridgehead atoms. The highest BCUT2D eigenvalue weighted by Gasteiger charge is 2.10. The van der Waals surface area contributed by atoms with Crippen LogP contribution in [0.1, 0.15) is 18.1 Å². The molecule has 134 valence electrons. The predicted molar refractivity (Wildman–Crippen MR) is 97.3 cm³/mol. The van der Waals surface area contributed by atoms with Crippen molar-refractivity contribution in [2.24, 2.45) is 0 Å². The first kappa shape index (κ1) is 18.9. The first-order chi connectivity index (χ1) is 12.5. The largest absolute Gasteiger partial charge is 0.493 e. The molecule has 6 heteroatoms. The number of rotatable bonds is 6. The number of nitriles is 1. The van der Waals surface area contributed by atoms with Crippen LogP contribution in [0.25, 0.3) is 11.6 Å². The van der Waals surface area contributed by atoms with Crippen LogP contribution < -0.4 is 18.9 Å². The zero-order valence-corrected chi connectivity index (χ0v) is 15.0. The summed E-state index contributed by atoms with van der Waals surface area (Å²) in [5.74, 6) is 1.41. The van der Waals surface area contributed by atoms with Gasteiger partial charge in [0.25, 0.3) is 0 Å². The second kappa shape index (κ2) is 8.58. The Labute approximate surface area is 152 Å². The first-order valence-electron chi connectivity index (χ1n) is 7.73. The number of hydrogen-bond acceptors (Lipinski definition) is 6. The normalized spacial score (nSPS) is 10.7. The van der Waals surface area contributed by atoms with Crippen molar-refractivity contribution in [1.29, 1.82) is 5.26 Å². The van der Waals surface area contributed by atoms with Crippen LogP contribution in [0, 0.1) is 11.3 Å². The van der Waals surface area contributed by atoms with Gasteiger partial charge < -0.3 is 18.9 Å². The van der Waals surface area contributed by atoms with Gasteiger partial charge in [-0.1, -0.05) is 6.07 Å². The van der Waals surface area contributed by atoms with Crippen LogP contribution in [-0.4, -0.2) is 27.3 Å². The van der Waals surface area contributed by atoms with Crippen LogP contribution in [-0.2, 0) is 4.79 Å². The topological polar surface area (TPSA) is 77.8 Å². The molecule has 0 aromatic heterocycles. The first-order valence-corrected chi connectivity index (χ1v) is 7.73. The van der Waals surface area contributed by atoms with E-state index in [9.17, 15) is 10.1 Å². The minimum absolute atomic E-state index is 0.321. The van der Waals surface area contributed by atoms with E-state index in [1.165, 1.54) is 21.1 Å². The minimum atomic E-state index is -0.436. The van der Waals surface area contributed by atoms with Crippen molar-refractivity contribution < 1.29 is 23.7 Å². The SMILES string of the molecule is COc1ccc(/C(C#N)=C\c2ccc(OC(C)=O)c(OC)c2)cc1OC. The lowest BCUT2D eigenvalue weighted by molar-refractivity contribution is -0.132. The highest BCUT2D eigenvalue weighted by Crippen LogP contribution is 2.32. The molecule has 0 saturated heterocycles. The standard InChI is InChI=1S/C20H19NO5/c1-13(22)26-18-7-5-14(10-19(18)24-3)9-16(12-21)15-6-8-17(23-2)20(11-15)25-4/h5-11H,1-4H3/b16-9-. The number of carbonyl (C=O) groups excluding carboxylic acids is 1. The van der Waals surface area contributed by atoms with Crippen molar-refractivity contribution in [3.05, 3.63) is 47.5 Å². The van der Waals surface area contributed by atoms with Crippen molar-refractivity contribution in [1.82, 2.24) is 0 Å². The summed E-state index contributed by atoms with van der Waals surface area (Å²) in [4.78, 5) is 11.1. The molecule has 6 nitrogen and oxygen atoms in total. The number of carbonyl (C=O) groups is 1. The summed E-state index contributed by atoms with van der Waals surface area (Å²) in [6, 6.07) is 12.5. The second-order valence-electron chi connectivity index (χ2n) is 5.24. The average Bonchev–Trinajstić information content (AvgIpc) is 2.66. The Kier molecular flexibility index (Phi) is 6.23. The van der Waals surface area contributed by atoms with Crippen molar-refractivity contribution >= 4 is 17.6 Å². The molecular weight excluding hydrogens is 334 g/mol. The molecule has 0 N–H and O–H groups in total. The van der Waals surface area contributed by atoms with Gasteiger partial charge in [-0.2, -0.15) is 5.26 Å². The number of benzene rings is 2. The molecule has 0 amide bonds. The zero-order chi connectivity index (χ0) is 19.1. The summed E-state index contributed by atoms with van der Waals surface area (Å²) in [6.45, 7) is 1.32. The summed E-state index contributed by atoms with van der Waals surface area (Å²) < 4.78 is 20.8. The Morgan fingerprint density at radius 2 is 1.54 bits per heavy atom. The number of hydrogen-bond donors (Lipinski definition) is 0. The molecule has 0 aliphatic carbocycles. The van der Waals surface area contributed by atoms with E-state index < -0.39 is 5.97 Å². The monoisotopic (exact) mass is 353 g/mol. The van der Waals surface area contributed by atoms with Crippen LogP contribution in [0.4, 0.5) is 0 Å². The molecule has 0 atom stereocenters. The van der Waals surface area contributed by atoms with E-state index in [1.807, 2.05) is 0 Å². The predicted octanol–water partition coefficient (Wildman–Crippen LogP) is 3.70. The smallest absolute Gasteiger partial charge is 0.308 e. The Bertz CT molecular complexity index is 880. The van der Waals surface area contributed by atoms with E-state index >= 15 is 0 Å². The number of allylic oxidation sites excluding steroid dienone is 1. The van der Waals surface area contributed by atoms with Crippen molar-refractivity contribution in [3.63, 3.8) is 0 Å². The van der Waals surface area contributed by atoms with Gasteiger partial charge in [0.2, 0.25) is 0 Å². The average molecular weight is 353 g/mol. The van der Waals surface area contributed by atoms with E-state index in [0.29, 0.717) is 34.1 Å². The third-order valence-corrected chi connectivity index (χ3v) is 3.57. The van der Waals surface area contributed by atoms with E-state index in [2.05, 4.69) is 6.07 Å². The van der Waals surface area contributed by atoms with Crippen LogP contribution >= 0.6 is 0 Å². The second-order valence-corrected chi connectivity index (χ2v) is 5.24. The highest BCUT2D eigenvalue weighted by atomic mass is 16.6. The maximum Gasteiger partial charge on any atom is 0.308 e. The Morgan fingerprint density at radius 1 is 0.923 bits per heavy atom. The summed E-state index contributed by atoms with van der Waals surface area (Å²) in [6.07, 6.45) is 1.71. The third kappa shape index (κ3) is 4.33. The zero-order valence-electron chi connectivity index (χ0n) is 15.0. The minimum Gasteiger partial charge on any atom is -0.493 e. The maximum atomic E-state index is 11.1. The summed E-state index contributed by atoms with van der Waals surface area (Å²) >= 11 is 0. The maximum absolute atomic E-state index is 11.1. The lowest BCUT2D eigenvalue weighted by atomic mass is 10.0. The van der Waals surface area contributed by atoms with Crippen LogP contribution in [0.15, 0.2) is 36.4 Å². The molecule has 0 aliphatic rings. The fourth-order valence-electron chi connectivity index (χ4n) is 2.36. The van der Waals surface area contributed by atoms with Gasteiger partial charge in [0.05, 0.1) is 33.0 Å². The highest BCUT2D eigenvalue weighted by molar-refractivity contribution is 5.90. The fraction of sp³-hybridized carbons (Fsp3) is 0.200. The lowest BCUT2D eigenvalue weighted by Crippen LogP contribution is -2.03. The van der Waals surface area contributed by atoms with Crippen molar-refractivity contribution in [2.45, 2.75) is 6.92 Å². The van der Waals surface area contributed by atoms with E-state index in [1.54, 1.807) is 49.6 Å². The van der Waals surface area contributed by atoms with Gasteiger partial charge in [0.15, 0.2) is 23.0 Å².